The van der Waals surface area contributed by atoms with Crippen molar-refractivity contribution in [3.8, 4) is 0 Å². The molecule has 0 fully saturated rings. The molecule has 0 N–H and O–H groups in total. The molecule has 0 aromatic carbocycles. The van der Waals surface area contributed by atoms with Gasteiger partial charge in [-0.15, -0.1) is 0 Å². The number of thiocarbonyl (C=S) groups is 2. The zero-order valence-corrected chi connectivity index (χ0v) is 21.8. The van der Waals surface area contributed by atoms with Crippen molar-refractivity contribution >= 4 is 119 Å². The summed E-state index contributed by atoms with van der Waals surface area (Å²) < 4.78 is 9.85. The van der Waals surface area contributed by atoms with Gasteiger partial charge in [-0.25, -0.2) is 9.59 Å². The second kappa shape index (κ2) is 18.0. The highest BCUT2D eigenvalue weighted by molar-refractivity contribution is 8.02. The summed E-state index contributed by atoms with van der Waals surface area (Å²) in [6, 6.07) is 0. The van der Waals surface area contributed by atoms with Crippen molar-refractivity contribution in [2.75, 3.05) is 34.5 Å². The van der Waals surface area contributed by atoms with E-state index in [2.05, 4.69) is 25.3 Å². The Morgan fingerprint density at radius 3 is 1.52 bits per heavy atom. The average Bonchev–Trinajstić information content (AvgIpc) is 2.60. The summed E-state index contributed by atoms with van der Waals surface area (Å²) in [5, 5.41) is 0.546. The first kappa shape index (κ1) is 28.2. The van der Waals surface area contributed by atoms with E-state index in [0.717, 1.165) is 65.0 Å². The second-order valence-electron chi connectivity index (χ2n) is 5.19. The van der Waals surface area contributed by atoms with Crippen LogP contribution in [-0.2, 0) is 18.0 Å². The van der Waals surface area contributed by atoms with E-state index in [-0.39, 0.29) is 20.2 Å². The number of thioether (sulfide) groups is 2. The summed E-state index contributed by atoms with van der Waals surface area (Å²) in [6.45, 7) is 3.11. The van der Waals surface area contributed by atoms with Crippen molar-refractivity contribution in [1.82, 2.24) is 0 Å². The third kappa shape index (κ3) is 17.8. The zero-order chi connectivity index (χ0) is 20.7. The normalized spacial score (nSPS) is 12.9. The lowest BCUT2D eigenvalue weighted by molar-refractivity contribution is -0.126. The van der Waals surface area contributed by atoms with Crippen molar-refractivity contribution < 1.29 is 18.0 Å². The molecule has 0 rings (SSSR count). The molecule has 27 heavy (non-hydrogen) atoms. The topological polar surface area (TPSA) is 52.6 Å². The molecule has 156 valence electrons. The molecule has 0 bridgehead atoms. The Hall–Kier alpha value is 1.22. The first-order chi connectivity index (χ1) is 12.7. The molecule has 2 unspecified atom stereocenters. The molecule has 2 atom stereocenters. The van der Waals surface area contributed by atoms with Crippen LogP contribution in [0.15, 0.2) is 0 Å². The number of hydrogen-bond donors (Lipinski definition) is 2. The Kier molecular flexibility index (Phi) is 18.8. The Labute approximate surface area is 200 Å². The van der Waals surface area contributed by atoms with Crippen LogP contribution >= 0.6 is 97.3 Å². The van der Waals surface area contributed by atoms with Crippen LogP contribution in [0.1, 0.15) is 20.3 Å². The van der Waals surface area contributed by atoms with Crippen LogP contribution in [0.25, 0.3) is 0 Å². The summed E-state index contributed by atoms with van der Waals surface area (Å²) in [6.07, 6.45) is 0.921. The van der Waals surface area contributed by atoms with Crippen molar-refractivity contribution in [1.29, 1.82) is 0 Å². The first-order valence-corrected chi connectivity index (χ1v) is 13.9. The minimum absolute atomic E-state index is 0.243. The van der Waals surface area contributed by atoms with Crippen LogP contribution in [0, 0.1) is 0 Å². The quantitative estimate of drug-likeness (QED) is 0.130. The molecular weight excluding hydrogens is 501 g/mol. The molecule has 0 radical (unpaired) electrons. The van der Waals surface area contributed by atoms with E-state index in [9.17, 15) is 9.59 Å². The minimum Gasteiger partial charge on any atom is -0.387 e. The molecule has 0 aliphatic carbocycles. The van der Waals surface area contributed by atoms with Crippen LogP contribution < -0.4 is 0 Å². The number of carbonyl (C=O) groups is 2. The molecule has 0 spiro atoms. The lowest BCUT2D eigenvalue weighted by Gasteiger charge is -2.15. The zero-order valence-electron chi connectivity index (χ0n) is 15.1. The van der Waals surface area contributed by atoms with Gasteiger partial charge < -0.3 is 8.37 Å². The molecule has 0 aromatic heterocycles. The first-order valence-electron chi connectivity index (χ1n) is 7.94. The van der Waals surface area contributed by atoms with Gasteiger partial charge >= 0.3 is 11.9 Å². The third-order valence-corrected chi connectivity index (χ3v) is 8.30. The maximum absolute atomic E-state index is 11.2. The second-order valence-corrected chi connectivity index (χ2v) is 11.8. The van der Waals surface area contributed by atoms with Gasteiger partial charge in [0.1, 0.15) is 0 Å². The molecule has 0 saturated heterocycles. The van der Waals surface area contributed by atoms with Gasteiger partial charge in [0.25, 0.3) is 0 Å². The van der Waals surface area contributed by atoms with E-state index in [4.69, 9.17) is 32.8 Å². The highest BCUT2D eigenvalue weighted by Gasteiger charge is 2.11. The fourth-order valence-corrected chi connectivity index (χ4v) is 6.15. The predicted octanol–water partition coefficient (Wildman–Crippen LogP) is 4.60. The number of hydrogen-bond acceptors (Lipinski definition) is 12. The standard InChI is InChI=1S/C15H24O4S8/c1-10(20)14(16)18-26-5-3-24-8-12(22)7-13(23)9-25-4-6-27-19-15(17)11(2)21/h12-13,22-23H,3-9H2,1-2H3. The fraction of sp³-hybridized carbons (Fsp3) is 0.733. The molecular formula is C15H24O4S8. The smallest absolute Gasteiger partial charge is 0.356 e. The molecule has 0 aromatic rings. The SMILES string of the molecule is CC(=S)C(=O)OSCCSCC(S)CC(S)CSCCSOC(=O)C(C)=S. The monoisotopic (exact) mass is 524 g/mol. The van der Waals surface area contributed by atoms with E-state index >= 15 is 0 Å². The Morgan fingerprint density at radius 1 is 0.815 bits per heavy atom. The van der Waals surface area contributed by atoms with Gasteiger partial charge in [0.2, 0.25) is 0 Å². The van der Waals surface area contributed by atoms with Crippen LogP contribution in [-0.4, -0.2) is 66.7 Å². The van der Waals surface area contributed by atoms with Gasteiger partial charge in [0.05, 0.1) is 33.8 Å². The van der Waals surface area contributed by atoms with Crippen molar-refractivity contribution in [2.45, 2.75) is 30.8 Å². The number of rotatable bonds is 16. The molecule has 12 heteroatoms. The van der Waals surface area contributed by atoms with Crippen molar-refractivity contribution in [2.24, 2.45) is 0 Å². The molecule has 0 aliphatic heterocycles. The molecule has 0 amide bonds. The van der Waals surface area contributed by atoms with Crippen molar-refractivity contribution in [3.05, 3.63) is 0 Å². The van der Waals surface area contributed by atoms with Gasteiger partial charge in [-0.3, -0.25) is 0 Å². The number of carbonyl (C=O) groups excluding carboxylic acids is 2. The predicted molar refractivity (Wildman–Crippen MR) is 138 cm³/mol. The van der Waals surface area contributed by atoms with Gasteiger partial charge in [-0.1, -0.05) is 24.4 Å². The molecule has 0 aliphatic rings. The van der Waals surface area contributed by atoms with Crippen molar-refractivity contribution in [3.63, 3.8) is 0 Å². The Morgan fingerprint density at radius 2 is 1.19 bits per heavy atom. The van der Waals surface area contributed by atoms with E-state index in [0.29, 0.717) is 0 Å². The summed E-state index contributed by atoms with van der Waals surface area (Å²) in [5.41, 5.74) is 0. The van der Waals surface area contributed by atoms with Crippen LogP contribution in [0.4, 0.5) is 0 Å². The highest BCUT2D eigenvalue weighted by Crippen LogP contribution is 2.20. The van der Waals surface area contributed by atoms with E-state index in [1.54, 1.807) is 37.4 Å². The van der Waals surface area contributed by atoms with Gasteiger partial charge in [0, 0.05) is 45.0 Å². The van der Waals surface area contributed by atoms with E-state index in [1.807, 2.05) is 0 Å². The fourth-order valence-electron chi connectivity index (χ4n) is 1.38. The van der Waals surface area contributed by atoms with Crippen LogP contribution in [0.2, 0.25) is 0 Å². The summed E-state index contributed by atoms with van der Waals surface area (Å²) >= 11 is 24.5. The van der Waals surface area contributed by atoms with Gasteiger partial charge in [-0.05, 0) is 20.3 Å². The maximum Gasteiger partial charge on any atom is 0.356 e. The van der Waals surface area contributed by atoms with Crippen LogP contribution in [0.3, 0.4) is 0 Å². The Bertz CT molecular complexity index is 446. The van der Waals surface area contributed by atoms with Gasteiger partial charge in [-0.2, -0.15) is 48.8 Å². The average molecular weight is 525 g/mol. The lowest BCUT2D eigenvalue weighted by atomic mass is 10.2. The molecule has 0 saturated carbocycles. The summed E-state index contributed by atoms with van der Waals surface area (Å²) in [7, 11) is 0. The van der Waals surface area contributed by atoms with Crippen LogP contribution in [0.5, 0.6) is 0 Å². The molecule has 0 heterocycles. The van der Waals surface area contributed by atoms with E-state index < -0.39 is 11.9 Å². The molecule has 4 nitrogen and oxygen atoms in total. The minimum atomic E-state index is -0.437. The number of thiol groups is 2. The summed E-state index contributed by atoms with van der Waals surface area (Å²) in [4.78, 5) is 22.8. The largest absolute Gasteiger partial charge is 0.387 e. The summed E-state index contributed by atoms with van der Waals surface area (Å²) in [5.74, 6) is 4.20. The van der Waals surface area contributed by atoms with E-state index in [1.165, 1.54) is 0 Å². The highest BCUT2D eigenvalue weighted by atomic mass is 32.2. The Balaban J connectivity index is 3.54. The third-order valence-electron chi connectivity index (χ3n) is 2.63. The lowest BCUT2D eigenvalue weighted by Crippen LogP contribution is -2.14. The van der Waals surface area contributed by atoms with Gasteiger partial charge in [0.15, 0.2) is 0 Å². The maximum atomic E-state index is 11.2.